The Bertz CT molecular complexity index is 294. The van der Waals surface area contributed by atoms with Gasteiger partial charge in [0.25, 0.3) is 0 Å². The van der Waals surface area contributed by atoms with Crippen LogP contribution in [0.4, 0.5) is 4.39 Å². The topological polar surface area (TPSA) is 17.1 Å². The van der Waals surface area contributed by atoms with Gasteiger partial charge < -0.3 is 0 Å². The molecule has 0 aliphatic rings. The van der Waals surface area contributed by atoms with Gasteiger partial charge in [-0.25, -0.2) is 4.39 Å². The van der Waals surface area contributed by atoms with E-state index in [9.17, 15) is 9.18 Å². The lowest BCUT2D eigenvalue weighted by molar-refractivity contribution is 0.0817. The Morgan fingerprint density at radius 2 is 1.93 bits per heavy atom. The monoisotopic (exact) mass is 194 g/mol. The van der Waals surface area contributed by atoms with Crippen LogP contribution in [0.1, 0.15) is 30.6 Å². The first-order valence-corrected chi connectivity index (χ1v) is 4.90. The molecule has 1 nitrogen and oxygen atoms in total. The highest BCUT2D eigenvalue weighted by Crippen LogP contribution is 2.16. The summed E-state index contributed by atoms with van der Waals surface area (Å²) in [5.74, 6) is -0.609. The molecular formula is C12H15FO. The second-order valence-electron chi connectivity index (χ2n) is 3.52. The van der Waals surface area contributed by atoms with Crippen LogP contribution in [-0.2, 0) is 0 Å². The Balaban J connectivity index is 2.76. The second-order valence-corrected chi connectivity index (χ2v) is 3.52. The molecule has 0 heterocycles. The van der Waals surface area contributed by atoms with Gasteiger partial charge in [0.05, 0.1) is 0 Å². The normalized spacial score (nSPS) is 14.8. The Hall–Kier alpha value is -1.18. The number of hydrogen-bond acceptors (Lipinski definition) is 1. The van der Waals surface area contributed by atoms with Crippen LogP contribution in [0.2, 0.25) is 0 Å². The number of rotatable bonds is 4. The van der Waals surface area contributed by atoms with Crippen molar-refractivity contribution in [1.29, 1.82) is 0 Å². The maximum Gasteiger partial charge on any atom is 0.197 e. The van der Waals surface area contributed by atoms with E-state index >= 15 is 0 Å². The number of hydrogen-bond donors (Lipinski definition) is 0. The summed E-state index contributed by atoms with van der Waals surface area (Å²) in [6.07, 6.45) is -0.692. The number of carbonyl (C=O) groups is 1. The summed E-state index contributed by atoms with van der Waals surface area (Å²) >= 11 is 0. The molecule has 76 valence electrons. The predicted molar refractivity (Wildman–Crippen MR) is 55.1 cm³/mol. The highest BCUT2D eigenvalue weighted by atomic mass is 19.1. The number of benzene rings is 1. The zero-order valence-corrected chi connectivity index (χ0v) is 8.53. The van der Waals surface area contributed by atoms with Crippen molar-refractivity contribution in [1.82, 2.24) is 0 Å². The summed E-state index contributed by atoms with van der Waals surface area (Å²) in [5, 5.41) is 0. The molecule has 2 unspecified atom stereocenters. The van der Waals surface area contributed by atoms with Crippen LogP contribution >= 0.6 is 0 Å². The van der Waals surface area contributed by atoms with E-state index in [2.05, 4.69) is 0 Å². The van der Waals surface area contributed by atoms with Crippen LogP contribution in [0, 0.1) is 5.92 Å². The lowest BCUT2D eigenvalue weighted by Gasteiger charge is -2.13. The minimum atomic E-state index is -1.37. The van der Waals surface area contributed by atoms with Crippen LogP contribution in [0.15, 0.2) is 30.3 Å². The molecule has 1 rings (SSSR count). The van der Waals surface area contributed by atoms with Crippen molar-refractivity contribution in [3.8, 4) is 0 Å². The summed E-state index contributed by atoms with van der Waals surface area (Å²) < 4.78 is 13.5. The molecule has 0 N–H and O–H groups in total. The molecule has 0 aliphatic heterocycles. The zero-order valence-electron chi connectivity index (χ0n) is 8.53. The molecule has 0 fully saturated rings. The average Bonchev–Trinajstić information content (AvgIpc) is 2.27. The van der Waals surface area contributed by atoms with Crippen molar-refractivity contribution in [2.45, 2.75) is 26.4 Å². The predicted octanol–water partition coefficient (Wildman–Crippen LogP) is 3.25. The van der Waals surface area contributed by atoms with Crippen molar-refractivity contribution < 1.29 is 9.18 Å². The van der Waals surface area contributed by atoms with Gasteiger partial charge in [-0.05, 0) is 5.92 Å². The van der Waals surface area contributed by atoms with Crippen LogP contribution in [0.5, 0.6) is 0 Å². The van der Waals surface area contributed by atoms with Gasteiger partial charge in [0.2, 0.25) is 0 Å². The summed E-state index contributed by atoms with van der Waals surface area (Å²) in [7, 11) is 0. The van der Waals surface area contributed by atoms with Gasteiger partial charge in [-0.15, -0.1) is 0 Å². The standard InChI is InChI=1S/C12H15FO/c1-3-9(2)11(13)12(14)10-7-5-4-6-8-10/h4-9,11H,3H2,1-2H3. The fourth-order valence-corrected chi connectivity index (χ4v) is 1.23. The minimum absolute atomic E-state index is 0.206. The number of halogens is 1. The lowest BCUT2D eigenvalue weighted by atomic mass is 9.96. The van der Waals surface area contributed by atoms with Crippen LogP contribution < -0.4 is 0 Å². The first-order valence-electron chi connectivity index (χ1n) is 4.90. The van der Waals surface area contributed by atoms with E-state index in [4.69, 9.17) is 0 Å². The number of carbonyl (C=O) groups excluding carboxylic acids is 1. The lowest BCUT2D eigenvalue weighted by Crippen LogP contribution is -2.23. The van der Waals surface area contributed by atoms with Gasteiger partial charge in [0.1, 0.15) is 0 Å². The van der Waals surface area contributed by atoms with Crippen molar-refractivity contribution in [3.05, 3.63) is 35.9 Å². The Morgan fingerprint density at radius 1 is 1.36 bits per heavy atom. The van der Waals surface area contributed by atoms with E-state index in [0.29, 0.717) is 12.0 Å². The number of Topliss-reactive ketones (excluding diaryl/α,β-unsaturated/α-hetero) is 1. The SMILES string of the molecule is CCC(C)C(F)C(=O)c1ccccc1. The quantitative estimate of drug-likeness (QED) is 0.672. The van der Waals surface area contributed by atoms with Gasteiger partial charge in [-0.3, -0.25) is 4.79 Å². The first kappa shape index (κ1) is 10.9. The van der Waals surface area contributed by atoms with E-state index in [1.165, 1.54) is 0 Å². The zero-order chi connectivity index (χ0) is 10.6. The Morgan fingerprint density at radius 3 is 2.43 bits per heavy atom. The molecule has 14 heavy (non-hydrogen) atoms. The van der Waals surface area contributed by atoms with E-state index in [1.54, 1.807) is 31.2 Å². The third-order valence-electron chi connectivity index (χ3n) is 2.45. The minimum Gasteiger partial charge on any atom is -0.291 e. The summed E-state index contributed by atoms with van der Waals surface area (Å²) in [5.41, 5.74) is 0.459. The molecule has 0 aliphatic carbocycles. The highest BCUT2D eigenvalue weighted by Gasteiger charge is 2.23. The molecule has 2 atom stereocenters. The van der Waals surface area contributed by atoms with Gasteiger partial charge in [-0.2, -0.15) is 0 Å². The van der Waals surface area contributed by atoms with Crippen LogP contribution in [0.25, 0.3) is 0 Å². The van der Waals surface area contributed by atoms with Crippen LogP contribution in [0.3, 0.4) is 0 Å². The summed E-state index contributed by atoms with van der Waals surface area (Å²) in [6, 6.07) is 8.61. The Labute approximate surface area is 83.9 Å². The first-order chi connectivity index (χ1) is 6.66. The molecule has 0 spiro atoms. The van der Waals surface area contributed by atoms with Crippen molar-refractivity contribution in [3.63, 3.8) is 0 Å². The summed E-state index contributed by atoms with van der Waals surface area (Å²) in [4.78, 5) is 11.6. The largest absolute Gasteiger partial charge is 0.291 e. The van der Waals surface area contributed by atoms with Gasteiger partial charge in [0, 0.05) is 5.56 Å². The maximum absolute atomic E-state index is 13.5. The average molecular weight is 194 g/mol. The molecule has 1 aromatic carbocycles. The van der Waals surface area contributed by atoms with Gasteiger partial charge in [0.15, 0.2) is 12.0 Å². The second kappa shape index (κ2) is 4.89. The van der Waals surface area contributed by atoms with Crippen molar-refractivity contribution in [2.24, 2.45) is 5.92 Å². The van der Waals surface area contributed by atoms with Crippen LogP contribution in [-0.4, -0.2) is 12.0 Å². The third kappa shape index (κ3) is 2.41. The van der Waals surface area contributed by atoms with Gasteiger partial charge in [-0.1, -0.05) is 50.6 Å². The molecule has 0 radical (unpaired) electrons. The van der Waals surface area contributed by atoms with Crippen molar-refractivity contribution >= 4 is 5.78 Å². The van der Waals surface area contributed by atoms with Crippen molar-refractivity contribution in [2.75, 3.05) is 0 Å². The molecule has 0 bridgehead atoms. The summed E-state index contributed by atoms with van der Waals surface area (Å²) in [6.45, 7) is 3.64. The smallest absolute Gasteiger partial charge is 0.197 e. The highest BCUT2D eigenvalue weighted by molar-refractivity contribution is 5.99. The molecule has 1 aromatic rings. The maximum atomic E-state index is 13.5. The fourth-order valence-electron chi connectivity index (χ4n) is 1.23. The third-order valence-corrected chi connectivity index (χ3v) is 2.45. The van der Waals surface area contributed by atoms with Gasteiger partial charge >= 0.3 is 0 Å². The number of ketones is 1. The molecule has 2 heteroatoms. The van der Waals surface area contributed by atoms with E-state index < -0.39 is 12.0 Å². The van der Waals surface area contributed by atoms with E-state index in [1.807, 2.05) is 13.0 Å². The van der Waals surface area contributed by atoms with E-state index in [0.717, 1.165) is 0 Å². The fraction of sp³-hybridized carbons (Fsp3) is 0.417. The molecule has 0 saturated carbocycles. The molecule has 0 saturated heterocycles. The number of alkyl halides is 1. The molecule has 0 amide bonds. The molecular weight excluding hydrogens is 179 g/mol. The molecule has 0 aromatic heterocycles. The van der Waals surface area contributed by atoms with E-state index in [-0.39, 0.29) is 5.92 Å². The Kier molecular flexibility index (Phi) is 3.81.